The normalized spacial score (nSPS) is 10.6. The van der Waals surface area contributed by atoms with Crippen LogP contribution in [0.2, 0.25) is 0 Å². The van der Waals surface area contributed by atoms with Crippen molar-refractivity contribution in [1.29, 1.82) is 0 Å². The van der Waals surface area contributed by atoms with Crippen molar-refractivity contribution in [2.75, 3.05) is 5.33 Å². The molecule has 1 rings (SSSR count). The summed E-state index contributed by atoms with van der Waals surface area (Å²) in [5, 5.41) is 0.513. The highest BCUT2D eigenvalue weighted by Gasteiger charge is 2.14. The summed E-state index contributed by atoms with van der Waals surface area (Å²) in [7, 11) is 0. The molecule has 1 aromatic carbocycles. The number of hydrogen-bond donors (Lipinski definition) is 1. The third-order valence-corrected chi connectivity index (χ3v) is 2.69. The lowest BCUT2D eigenvalue weighted by molar-refractivity contribution is -0.0517. The molecule has 6 heteroatoms. The van der Waals surface area contributed by atoms with E-state index in [1.165, 1.54) is 18.2 Å². The molecule has 0 saturated carbocycles. The van der Waals surface area contributed by atoms with E-state index in [0.29, 0.717) is 10.9 Å². The van der Waals surface area contributed by atoms with Crippen LogP contribution in [0.3, 0.4) is 0 Å². The van der Waals surface area contributed by atoms with Gasteiger partial charge in [-0.15, -0.1) is 12.6 Å². The van der Waals surface area contributed by atoms with Gasteiger partial charge in [0.25, 0.3) is 0 Å². The van der Waals surface area contributed by atoms with Crippen molar-refractivity contribution in [3.63, 3.8) is 0 Å². The topological polar surface area (TPSA) is 26.3 Å². The van der Waals surface area contributed by atoms with E-state index in [1.807, 2.05) is 0 Å². The average molecular weight is 311 g/mol. The van der Waals surface area contributed by atoms with Crippen LogP contribution >= 0.6 is 28.6 Å². The number of carbonyl (C=O) groups is 1. The van der Waals surface area contributed by atoms with Crippen molar-refractivity contribution >= 4 is 34.3 Å². The van der Waals surface area contributed by atoms with Crippen molar-refractivity contribution in [2.24, 2.45) is 0 Å². The molecule has 0 unspecified atom stereocenters. The number of carbonyl (C=O) groups excluding carboxylic acids is 1. The number of rotatable bonds is 5. The number of ether oxygens (including phenoxy) is 1. The molecular weight excluding hydrogens is 302 g/mol. The van der Waals surface area contributed by atoms with Crippen molar-refractivity contribution in [3.05, 3.63) is 23.8 Å². The molecule has 0 saturated heterocycles. The van der Waals surface area contributed by atoms with Crippen LogP contribution in [0.5, 0.6) is 5.75 Å². The minimum absolute atomic E-state index is 0.0845. The summed E-state index contributed by atoms with van der Waals surface area (Å²) in [4.78, 5) is 11.7. The summed E-state index contributed by atoms with van der Waals surface area (Å²) in [6.45, 7) is -2.92. The van der Waals surface area contributed by atoms with Gasteiger partial charge in [-0.25, -0.2) is 0 Å². The Bertz CT molecular complexity index is 385. The lowest BCUT2D eigenvalue weighted by atomic mass is 10.1. The van der Waals surface area contributed by atoms with E-state index in [0.717, 1.165) is 0 Å². The minimum atomic E-state index is -2.92. The van der Waals surface area contributed by atoms with Gasteiger partial charge in [0.1, 0.15) is 5.75 Å². The molecule has 0 aliphatic rings. The van der Waals surface area contributed by atoms with E-state index in [2.05, 4.69) is 33.3 Å². The molecule has 2 nitrogen and oxygen atoms in total. The Morgan fingerprint density at radius 3 is 2.75 bits per heavy atom. The first-order chi connectivity index (χ1) is 7.56. The fourth-order valence-corrected chi connectivity index (χ4v) is 1.85. The monoisotopic (exact) mass is 310 g/mol. The number of thiol groups is 1. The largest absolute Gasteiger partial charge is 0.434 e. The molecule has 0 amide bonds. The Labute approximate surface area is 106 Å². The van der Waals surface area contributed by atoms with Crippen LogP contribution in [0.25, 0.3) is 0 Å². The average Bonchev–Trinajstić information content (AvgIpc) is 2.21. The predicted molar refractivity (Wildman–Crippen MR) is 63.1 cm³/mol. The standard InChI is InChI=1S/C10H9BrF2O2S/c11-5-4-7(14)6-2-1-3-8(9(6)16)15-10(12)13/h1-3,10,16H,4-5H2. The van der Waals surface area contributed by atoms with E-state index in [1.54, 1.807) is 0 Å². The van der Waals surface area contributed by atoms with Crippen molar-refractivity contribution in [1.82, 2.24) is 0 Å². The number of alkyl halides is 3. The fraction of sp³-hybridized carbons (Fsp3) is 0.300. The number of ketones is 1. The molecule has 0 aromatic heterocycles. The van der Waals surface area contributed by atoms with Crippen molar-refractivity contribution in [3.8, 4) is 5.75 Å². The SMILES string of the molecule is O=C(CCBr)c1cccc(OC(F)F)c1S. The Morgan fingerprint density at radius 1 is 1.50 bits per heavy atom. The maximum Gasteiger partial charge on any atom is 0.387 e. The second kappa shape index (κ2) is 6.20. The summed E-state index contributed by atoms with van der Waals surface area (Å²) in [6.07, 6.45) is 0.283. The van der Waals surface area contributed by atoms with Gasteiger partial charge in [0, 0.05) is 17.3 Å². The number of halogens is 3. The van der Waals surface area contributed by atoms with Crippen LogP contribution in [0.1, 0.15) is 16.8 Å². The lowest BCUT2D eigenvalue weighted by Gasteiger charge is -2.10. The molecule has 0 atom stereocenters. The van der Waals surface area contributed by atoms with Gasteiger partial charge in [-0.2, -0.15) is 8.78 Å². The molecule has 0 heterocycles. The summed E-state index contributed by atoms with van der Waals surface area (Å²) in [6, 6.07) is 4.37. The smallest absolute Gasteiger partial charge is 0.387 e. The van der Waals surface area contributed by atoms with Crippen LogP contribution < -0.4 is 4.74 Å². The van der Waals surface area contributed by atoms with Crippen LogP contribution in [0, 0.1) is 0 Å². The Balaban J connectivity index is 2.99. The zero-order valence-corrected chi connectivity index (χ0v) is 10.6. The van der Waals surface area contributed by atoms with Gasteiger partial charge in [-0.1, -0.05) is 28.1 Å². The minimum Gasteiger partial charge on any atom is -0.434 e. The Hall–Kier alpha value is -0.620. The highest BCUT2D eigenvalue weighted by atomic mass is 79.9. The lowest BCUT2D eigenvalue weighted by Crippen LogP contribution is -2.06. The number of benzene rings is 1. The quantitative estimate of drug-likeness (QED) is 0.511. The second-order valence-corrected chi connectivity index (χ2v) is 4.13. The number of hydrogen-bond acceptors (Lipinski definition) is 3. The van der Waals surface area contributed by atoms with Gasteiger partial charge in [0.05, 0.1) is 4.90 Å². The summed E-state index contributed by atoms with van der Waals surface area (Å²) < 4.78 is 28.3. The van der Waals surface area contributed by atoms with E-state index < -0.39 is 6.61 Å². The summed E-state index contributed by atoms with van der Waals surface area (Å²) in [5.74, 6) is -0.250. The molecule has 0 bridgehead atoms. The van der Waals surface area contributed by atoms with Crippen LogP contribution in [-0.2, 0) is 0 Å². The van der Waals surface area contributed by atoms with Gasteiger partial charge in [0.15, 0.2) is 5.78 Å². The molecule has 0 N–H and O–H groups in total. The van der Waals surface area contributed by atoms with Gasteiger partial charge >= 0.3 is 6.61 Å². The second-order valence-electron chi connectivity index (χ2n) is 2.89. The maximum absolute atomic E-state index is 12.0. The van der Waals surface area contributed by atoms with Gasteiger partial charge in [0.2, 0.25) is 0 Å². The van der Waals surface area contributed by atoms with Crippen molar-refractivity contribution < 1.29 is 18.3 Å². The van der Waals surface area contributed by atoms with E-state index in [-0.39, 0.29) is 22.8 Å². The first-order valence-electron chi connectivity index (χ1n) is 4.42. The molecular formula is C10H9BrF2O2S. The third-order valence-electron chi connectivity index (χ3n) is 1.84. The molecule has 0 radical (unpaired) electrons. The first kappa shape index (κ1) is 13.4. The molecule has 0 spiro atoms. The highest BCUT2D eigenvalue weighted by molar-refractivity contribution is 9.09. The van der Waals surface area contributed by atoms with Crippen LogP contribution in [0.15, 0.2) is 23.1 Å². The third kappa shape index (κ3) is 3.45. The van der Waals surface area contributed by atoms with Crippen molar-refractivity contribution in [2.45, 2.75) is 17.9 Å². The first-order valence-corrected chi connectivity index (χ1v) is 5.99. The van der Waals surface area contributed by atoms with E-state index >= 15 is 0 Å². The van der Waals surface area contributed by atoms with E-state index in [4.69, 9.17) is 0 Å². The van der Waals surface area contributed by atoms with E-state index in [9.17, 15) is 13.6 Å². The number of Topliss-reactive ketones (excluding diaryl/α,β-unsaturated/α-hetero) is 1. The van der Waals surface area contributed by atoms with Crippen LogP contribution in [-0.4, -0.2) is 17.7 Å². The zero-order valence-electron chi connectivity index (χ0n) is 8.12. The molecule has 88 valence electrons. The maximum atomic E-state index is 12.0. The fourth-order valence-electron chi connectivity index (χ4n) is 1.16. The molecule has 0 aliphatic heterocycles. The molecule has 16 heavy (non-hydrogen) atoms. The molecule has 1 aromatic rings. The highest BCUT2D eigenvalue weighted by Crippen LogP contribution is 2.28. The Kier molecular flexibility index (Phi) is 5.21. The zero-order chi connectivity index (χ0) is 12.1. The summed E-state index contributed by atoms with van der Waals surface area (Å²) >= 11 is 7.16. The molecule has 0 fully saturated rings. The predicted octanol–water partition coefficient (Wildman–Crippen LogP) is 3.54. The molecule has 0 aliphatic carbocycles. The van der Waals surface area contributed by atoms with Gasteiger partial charge in [-0.05, 0) is 6.07 Å². The Morgan fingerprint density at radius 2 is 2.19 bits per heavy atom. The van der Waals surface area contributed by atoms with Gasteiger partial charge in [-0.3, -0.25) is 4.79 Å². The summed E-state index contributed by atoms with van der Waals surface area (Å²) in [5.41, 5.74) is 0.293. The van der Waals surface area contributed by atoms with Gasteiger partial charge < -0.3 is 4.74 Å². The van der Waals surface area contributed by atoms with Crippen LogP contribution in [0.4, 0.5) is 8.78 Å².